The topological polar surface area (TPSA) is 71.8 Å². The smallest absolute Gasteiger partial charge is 0.218 e. The van der Waals surface area contributed by atoms with E-state index in [9.17, 15) is 9.18 Å². The molecule has 2 N–H and O–H groups in total. The van der Waals surface area contributed by atoms with Crippen LogP contribution in [0.3, 0.4) is 0 Å². The predicted molar refractivity (Wildman–Crippen MR) is 73.0 cm³/mol. The van der Waals surface area contributed by atoms with Gasteiger partial charge in [0.2, 0.25) is 5.43 Å². The van der Waals surface area contributed by atoms with Crippen LogP contribution in [-0.2, 0) is 6.54 Å². The molecule has 1 heterocycles. The maximum Gasteiger partial charge on any atom is 0.218 e. The van der Waals surface area contributed by atoms with E-state index >= 15 is 0 Å². The SMILES string of the molecule is N#Cc1ccc(F)cc1Cn1cc(N)c(=O)c(Br)c1. The number of hydrogen-bond donors (Lipinski definition) is 1. The average Bonchev–Trinajstić information content (AvgIpc) is 2.36. The van der Waals surface area contributed by atoms with E-state index in [4.69, 9.17) is 11.0 Å². The lowest BCUT2D eigenvalue weighted by atomic mass is 10.1. The number of aromatic nitrogens is 1. The molecule has 2 aromatic rings. The van der Waals surface area contributed by atoms with E-state index in [1.54, 1.807) is 10.8 Å². The van der Waals surface area contributed by atoms with Crippen molar-refractivity contribution >= 4 is 21.6 Å². The van der Waals surface area contributed by atoms with Crippen molar-refractivity contribution in [1.29, 1.82) is 5.26 Å². The van der Waals surface area contributed by atoms with Crippen LogP contribution in [0.25, 0.3) is 0 Å². The summed E-state index contributed by atoms with van der Waals surface area (Å²) in [4.78, 5) is 11.5. The van der Waals surface area contributed by atoms with Crippen molar-refractivity contribution in [3.8, 4) is 6.07 Å². The lowest BCUT2D eigenvalue weighted by molar-refractivity contribution is 0.623. The van der Waals surface area contributed by atoms with Crippen LogP contribution in [0, 0.1) is 17.1 Å². The molecular weight excluding hydrogens is 313 g/mol. The molecule has 0 atom stereocenters. The average molecular weight is 322 g/mol. The third-order valence-corrected chi connectivity index (χ3v) is 3.17. The molecular formula is C13H9BrFN3O. The first-order chi connectivity index (χ1) is 9.01. The standard InChI is InChI=1S/C13H9BrFN3O/c14-11-6-18(7-12(17)13(11)19)5-9-3-10(15)2-1-8(9)4-16/h1-3,6-7H,5,17H2. The molecule has 0 radical (unpaired) electrons. The molecule has 4 nitrogen and oxygen atoms in total. The highest BCUT2D eigenvalue weighted by atomic mass is 79.9. The Kier molecular flexibility index (Phi) is 3.67. The first-order valence-electron chi connectivity index (χ1n) is 5.35. The molecule has 96 valence electrons. The summed E-state index contributed by atoms with van der Waals surface area (Å²) >= 11 is 3.11. The number of benzene rings is 1. The highest BCUT2D eigenvalue weighted by molar-refractivity contribution is 9.10. The van der Waals surface area contributed by atoms with Crippen molar-refractivity contribution in [3.63, 3.8) is 0 Å². The molecule has 0 spiro atoms. The molecule has 0 aliphatic rings. The fraction of sp³-hybridized carbons (Fsp3) is 0.0769. The summed E-state index contributed by atoms with van der Waals surface area (Å²) in [6, 6.07) is 5.95. The molecule has 1 aromatic heterocycles. The maximum atomic E-state index is 13.2. The fourth-order valence-electron chi connectivity index (χ4n) is 1.71. The summed E-state index contributed by atoms with van der Waals surface area (Å²) in [5.41, 5.74) is 6.27. The first kappa shape index (κ1) is 13.3. The minimum atomic E-state index is -0.415. The number of pyridine rings is 1. The number of nitrogens with zero attached hydrogens (tertiary/aromatic N) is 2. The summed E-state index contributed by atoms with van der Waals surface area (Å²) in [6.45, 7) is 0.254. The zero-order valence-corrected chi connectivity index (χ0v) is 11.3. The lowest BCUT2D eigenvalue weighted by Gasteiger charge is -2.09. The Morgan fingerprint density at radius 1 is 1.42 bits per heavy atom. The van der Waals surface area contributed by atoms with Gasteiger partial charge in [0, 0.05) is 18.9 Å². The van der Waals surface area contributed by atoms with Crippen LogP contribution in [-0.4, -0.2) is 4.57 Å². The third kappa shape index (κ3) is 2.83. The number of nitriles is 1. The van der Waals surface area contributed by atoms with Gasteiger partial charge in [-0.1, -0.05) is 0 Å². The predicted octanol–water partition coefficient (Wildman–Crippen LogP) is 2.25. The summed E-state index contributed by atoms with van der Waals surface area (Å²) in [6.07, 6.45) is 3.00. The van der Waals surface area contributed by atoms with E-state index in [0.29, 0.717) is 15.6 Å². The Morgan fingerprint density at radius 3 is 2.79 bits per heavy atom. The van der Waals surface area contributed by atoms with E-state index in [2.05, 4.69) is 15.9 Å². The van der Waals surface area contributed by atoms with Crippen molar-refractivity contribution in [1.82, 2.24) is 4.57 Å². The second-order valence-corrected chi connectivity index (χ2v) is 4.83. The molecule has 0 amide bonds. The van der Waals surface area contributed by atoms with E-state index in [1.807, 2.05) is 6.07 Å². The van der Waals surface area contributed by atoms with Gasteiger partial charge in [0.05, 0.1) is 21.8 Å². The highest BCUT2D eigenvalue weighted by Crippen LogP contribution is 2.14. The van der Waals surface area contributed by atoms with Crippen molar-refractivity contribution in [3.05, 3.63) is 62.2 Å². The van der Waals surface area contributed by atoms with Gasteiger partial charge in [-0.05, 0) is 39.7 Å². The Hall–Kier alpha value is -2.13. The van der Waals surface area contributed by atoms with Crippen LogP contribution in [0.15, 0.2) is 39.9 Å². The zero-order valence-electron chi connectivity index (χ0n) is 9.73. The Balaban J connectivity index is 2.45. The van der Waals surface area contributed by atoms with Crippen LogP contribution in [0.1, 0.15) is 11.1 Å². The Labute approximate surface area is 117 Å². The molecule has 2 rings (SSSR count). The van der Waals surface area contributed by atoms with Gasteiger partial charge in [-0.3, -0.25) is 4.79 Å². The summed E-state index contributed by atoms with van der Waals surface area (Å²) in [5, 5.41) is 8.97. The number of nitrogen functional groups attached to an aromatic ring is 1. The van der Waals surface area contributed by atoms with Crippen LogP contribution in [0.4, 0.5) is 10.1 Å². The number of nitrogens with two attached hydrogens (primary N) is 1. The molecule has 6 heteroatoms. The normalized spacial score (nSPS) is 10.2. The number of rotatable bonds is 2. The largest absolute Gasteiger partial charge is 0.394 e. The monoisotopic (exact) mass is 321 g/mol. The molecule has 0 fully saturated rings. The zero-order chi connectivity index (χ0) is 14.0. The van der Waals surface area contributed by atoms with E-state index < -0.39 is 5.82 Å². The molecule has 0 saturated heterocycles. The van der Waals surface area contributed by atoms with Crippen LogP contribution in [0.5, 0.6) is 0 Å². The molecule has 1 aromatic carbocycles. The number of hydrogen-bond acceptors (Lipinski definition) is 3. The fourth-order valence-corrected chi connectivity index (χ4v) is 2.20. The van der Waals surface area contributed by atoms with Gasteiger partial charge in [-0.2, -0.15) is 5.26 Å². The second-order valence-electron chi connectivity index (χ2n) is 3.98. The lowest BCUT2D eigenvalue weighted by Crippen LogP contribution is -2.14. The quantitative estimate of drug-likeness (QED) is 0.922. The van der Waals surface area contributed by atoms with Crippen LogP contribution < -0.4 is 11.2 Å². The number of anilines is 1. The van der Waals surface area contributed by atoms with Gasteiger partial charge < -0.3 is 10.3 Å². The Morgan fingerprint density at radius 2 is 2.16 bits per heavy atom. The van der Waals surface area contributed by atoms with Gasteiger partial charge in [-0.25, -0.2) is 4.39 Å². The summed E-state index contributed by atoms with van der Waals surface area (Å²) < 4.78 is 15.1. The van der Waals surface area contributed by atoms with Gasteiger partial charge >= 0.3 is 0 Å². The first-order valence-corrected chi connectivity index (χ1v) is 6.14. The van der Waals surface area contributed by atoms with Gasteiger partial charge in [0.25, 0.3) is 0 Å². The van der Waals surface area contributed by atoms with Gasteiger partial charge in [-0.15, -0.1) is 0 Å². The van der Waals surface area contributed by atoms with Gasteiger partial charge in [0.1, 0.15) is 5.82 Å². The summed E-state index contributed by atoms with van der Waals surface area (Å²) in [7, 11) is 0. The molecule has 0 unspecified atom stereocenters. The highest BCUT2D eigenvalue weighted by Gasteiger charge is 2.07. The minimum Gasteiger partial charge on any atom is -0.394 e. The maximum absolute atomic E-state index is 13.2. The van der Waals surface area contributed by atoms with Gasteiger partial charge in [0.15, 0.2) is 0 Å². The second kappa shape index (κ2) is 5.24. The van der Waals surface area contributed by atoms with Crippen molar-refractivity contribution in [2.24, 2.45) is 0 Å². The van der Waals surface area contributed by atoms with E-state index in [0.717, 1.165) is 0 Å². The van der Waals surface area contributed by atoms with Crippen LogP contribution in [0.2, 0.25) is 0 Å². The molecule has 0 bridgehead atoms. The summed E-state index contributed by atoms with van der Waals surface area (Å²) in [5.74, 6) is -0.415. The number of halogens is 2. The van der Waals surface area contributed by atoms with Crippen LogP contribution >= 0.6 is 15.9 Å². The van der Waals surface area contributed by atoms with E-state index in [1.165, 1.54) is 24.4 Å². The Bertz CT molecular complexity index is 707. The van der Waals surface area contributed by atoms with Crippen molar-refractivity contribution in [2.45, 2.75) is 6.54 Å². The van der Waals surface area contributed by atoms with Crippen molar-refractivity contribution < 1.29 is 4.39 Å². The molecule has 19 heavy (non-hydrogen) atoms. The minimum absolute atomic E-state index is 0.0873. The molecule has 0 saturated carbocycles. The molecule has 0 aliphatic carbocycles. The molecule has 0 aliphatic heterocycles. The van der Waals surface area contributed by atoms with E-state index in [-0.39, 0.29) is 17.7 Å². The third-order valence-electron chi connectivity index (χ3n) is 2.60. The van der Waals surface area contributed by atoms with Crippen molar-refractivity contribution in [2.75, 3.05) is 5.73 Å².